The van der Waals surface area contributed by atoms with Crippen LogP contribution in [0.5, 0.6) is 0 Å². The molecule has 0 bridgehead atoms. The summed E-state index contributed by atoms with van der Waals surface area (Å²) in [5.41, 5.74) is 1.21. The molecule has 2 fully saturated rings. The lowest BCUT2D eigenvalue weighted by molar-refractivity contribution is 0.0571. The number of nitrogens with zero attached hydrogens (tertiary/aromatic N) is 2. The van der Waals surface area contributed by atoms with Crippen molar-refractivity contribution in [1.29, 1.82) is 0 Å². The second kappa shape index (κ2) is 9.41. The molecule has 1 N–H and O–H groups in total. The molecule has 2 aliphatic rings. The van der Waals surface area contributed by atoms with E-state index in [1.165, 1.54) is 5.69 Å². The van der Waals surface area contributed by atoms with Crippen molar-refractivity contribution >= 4 is 48.6 Å². The van der Waals surface area contributed by atoms with Crippen molar-refractivity contribution in [2.24, 2.45) is 5.92 Å². The fourth-order valence-electron chi connectivity index (χ4n) is 2.70. The molecular weight excluding hydrogens is 341 g/mol. The van der Waals surface area contributed by atoms with Gasteiger partial charge in [-0.25, -0.2) is 4.98 Å². The Labute approximate surface area is 142 Å². The minimum absolute atomic E-state index is 0. The minimum atomic E-state index is 0. The van der Waals surface area contributed by atoms with Crippen molar-refractivity contribution in [3.63, 3.8) is 0 Å². The van der Waals surface area contributed by atoms with Gasteiger partial charge in [-0.15, -0.1) is 48.6 Å². The van der Waals surface area contributed by atoms with Gasteiger partial charge in [0.1, 0.15) is 0 Å². The van der Waals surface area contributed by atoms with E-state index in [2.05, 4.69) is 27.5 Å². The zero-order chi connectivity index (χ0) is 11.7. The average molecular weight is 363 g/mol. The van der Waals surface area contributed by atoms with Gasteiger partial charge in [0.2, 0.25) is 0 Å². The summed E-state index contributed by atoms with van der Waals surface area (Å²) in [5, 5.41) is 6.75. The van der Waals surface area contributed by atoms with Crippen LogP contribution >= 0.6 is 48.6 Å². The third-order valence-electron chi connectivity index (χ3n) is 3.56. The molecule has 4 nitrogen and oxygen atoms in total. The molecular formula is C12H22Cl3N3OS. The van der Waals surface area contributed by atoms with Crippen LogP contribution in [0.25, 0.3) is 0 Å². The molecule has 2 atom stereocenters. The summed E-state index contributed by atoms with van der Waals surface area (Å²) >= 11 is 1.74. The number of ether oxygens (including phenoxy) is 1. The highest BCUT2D eigenvalue weighted by Gasteiger charge is 2.31. The van der Waals surface area contributed by atoms with Crippen LogP contribution in [0.4, 0.5) is 0 Å². The van der Waals surface area contributed by atoms with Crippen LogP contribution in [-0.4, -0.2) is 48.8 Å². The van der Waals surface area contributed by atoms with E-state index in [-0.39, 0.29) is 37.2 Å². The highest BCUT2D eigenvalue weighted by atomic mass is 35.5. The number of fused-ring (bicyclic) bond motifs is 1. The molecule has 118 valence electrons. The van der Waals surface area contributed by atoms with Gasteiger partial charge in [0.25, 0.3) is 0 Å². The van der Waals surface area contributed by atoms with Crippen molar-refractivity contribution < 1.29 is 4.74 Å². The van der Waals surface area contributed by atoms with Gasteiger partial charge >= 0.3 is 0 Å². The van der Waals surface area contributed by atoms with Crippen LogP contribution < -0.4 is 5.32 Å². The van der Waals surface area contributed by atoms with Crippen LogP contribution in [-0.2, 0) is 11.3 Å². The molecule has 0 aliphatic carbocycles. The maximum Gasteiger partial charge on any atom is 0.0897 e. The summed E-state index contributed by atoms with van der Waals surface area (Å²) in [6.45, 7) is 8.17. The Hall–Kier alpha value is 0.380. The van der Waals surface area contributed by atoms with Crippen LogP contribution in [0.1, 0.15) is 10.7 Å². The van der Waals surface area contributed by atoms with Gasteiger partial charge in [0.15, 0.2) is 0 Å². The van der Waals surface area contributed by atoms with Gasteiger partial charge in [0.05, 0.1) is 23.4 Å². The highest BCUT2D eigenvalue weighted by Crippen LogP contribution is 2.19. The second-order valence-corrected chi connectivity index (χ2v) is 5.98. The molecule has 0 saturated carbocycles. The molecule has 2 aliphatic heterocycles. The highest BCUT2D eigenvalue weighted by molar-refractivity contribution is 7.09. The Balaban J connectivity index is 0.00000120. The molecule has 20 heavy (non-hydrogen) atoms. The number of nitrogens with one attached hydrogen (secondary N) is 1. The standard InChI is InChI=1S/C12H19N3OS.3ClH/c1-9-14-11(8-17-9)7-15-2-3-16-12-5-13-4-10(12)6-15;;;/h8,10,12-13H,2-7H2,1H3;3*1H/t10-,12-;;;/m1.../s1. The minimum Gasteiger partial charge on any atom is -0.375 e. The Morgan fingerprint density at radius 1 is 1.40 bits per heavy atom. The quantitative estimate of drug-likeness (QED) is 0.874. The van der Waals surface area contributed by atoms with Crippen LogP contribution in [0.2, 0.25) is 0 Å². The molecule has 2 saturated heterocycles. The molecule has 8 heteroatoms. The largest absolute Gasteiger partial charge is 0.375 e. The predicted octanol–water partition coefficient (Wildman–Crippen LogP) is 2.14. The Kier molecular flexibility index (Phi) is 9.59. The lowest BCUT2D eigenvalue weighted by atomic mass is 10.1. The monoisotopic (exact) mass is 361 g/mol. The van der Waals surface area contributed by atoms with Crippen LogP contribution in [0, 0.1) is 12.8 Å². The van der Waals surface area contributed by atoms with Crippen molar-refractivity contribution in [2.75, 3.05) is 32.8 Å². The van der Waals surface area contributed by atoms with Gasteiger partial charge in [-0.2, -0.15) is 0 Å². The van der Waals surface area contributed by atoms with Gasteiger partial charge in [0, 0.05) is 44.0 Å². The van der Waals surface area contributed by atoms with Crippen molar-refractivity contribution in [1.82, 2.24) is 15.2 Å². The predicted molar refractivity (Wildman–Crippen MR) is 90.0 cm³/mol. The number of halogens is 3. The van der Waals surface area contributed by atoms with E-state index in [1.807, 2.05) is 0 Å². The molecule has 0 radical (unpaired) electrons. The van der Waals surface area contributed by atoms with Gasteiger partial charge < -0.3 is 10.1 Å². The number of rotatable bonds is 2. The Bertz CT molecular complexity index is 394. The fourth-order valence-corrected chi connectivity index (χ4v) is 3.30. The summed E-state index contributed by atoms with van der Waals surface area (Å²) in [6, 6.07) is 0. The second-order valence-electron chi connectivity index (χ2n) is 4.92. The normalized spacial score (nSPS) is 25.6. The smallest absolute Gasteiger partial charge is 0.0897 e. The SMILES string of the molecule is Cc1nc(CN2CCO[C@@H]3CNC[C@@H]3C2)cs1.Cl.Cl.Cl. The van der Waals surface area contributed by atoms with E-state index in [0.717, 1.165) is 44.3 Å². The van der Waals surface area contributed by atoms with E-state index in [1.54, 1.807) is 11.3 Å². The maximum atomic E-state index is 5.88. The third kappa shape index (κ3) is 4.98. The van der Waals surface area contributed by atoms with E-state index in [9.17, 15) is 0 Å². The number of aryl methyl sites for hydroxylation is 1. The van der Waals surface area contributed by atoms with Crippen LogP contribution in [0.3, 0.4) is 0 Å². The first-order valence-corrected chi connectivity index (χ1v) is 7.15. The Morgan fingerprint density at radius 3 is 2.90 bits per heavy atom. The maximum absolute atomic E-state index is 5.88. The van der Waals surface area contributed by atoms with E-state index < -0.39 is 0 Å². The zero-order valence-corrected chi connectivity index (χ0v) is 14.7. The van der Waals surface area contributed by atoms with Gasteiger partial charge in [-0.05, 0) is 6.92 Å². The lowest BCUT2D eigenvalue weighted by Crippen LogP contribution is -2.32. The number of thiazole rings is 1. The molecule has 0 aromatic carbocycles. The molecule has 0 amide bonds. The average Bonchev–Trinajstić information content (AvgIpc) is 2.85. The topological polar surface area (TPSA) is 37.4 Å². The summed E-state index contributed by atoms with van der Waals surface area (Å²) in [7, 11) is 0. The van der Waals surface area contributed by atoms with Crippen LogP contribution in [0.15, 0.2) is 5.38 Å². The fraction of sp³-hybridized carbons (Fsp3) is 0.750. The van der Waals surface area contributed by atoms with E-state index in [0.29, 0.717) is 12.0 Å². The molecule has 3 rings (SSSR count). The van der Waals surface area contributed by atoms with Gasteiger partial charge in [-0.3, -0.25) is 4.90 Å². The first-order valence-electron chi connectivity index (χ1n) is 6.27. The molecule has 1 aromatic rings. The molecule has 3 heterocycles. The summed E-state index contributed by atoms with van der Waals surface area (Å²) in [6.07, 6.45) is 0.428. The first-order chi connectivity index (χ1) is 8.31. The van der Waals surface area contributed by atoms with Gasteiger partial charge in [-0.1, -0.05) is 0 Å². The number of aromatic nitrogens is 1. The third-order valence-corrected chi connectivity index (χ3v) is 4.38. The number of hydrogen-bond acceptors (Lipinski definition) is 5. The summed E-state index contributed by atoms with van der Waals surface area (Å²) in [4.78, 5) is 7.02. The first kappa shape index (κ1) is 20.4. The summed E-state index contributed by atoms with van der Waals surface area (Å²) < 4.78 is 5.88. The van der Waals surface area contributed by atoms with Crippen molar-refractivity contribution in [3.05, 3.63) is 16.1 Å². The lowest BCUT2D eigenvalue weighted by Gasteiger charge is -2.21. The molecule has 0 unspecified atom stereocenters. The van der Waals surface area contributed by atoms with Crippen molar-refractivity contribution in [2.45, 2.75) is 19.6 Å². The van der Waals surface area contributed by atoms with E-state index in [4.69, 9.17) is 4.74 Å². The number of hydrogen-bond donors (Lipinski definition) is 1. The zero-order valence-electron chi connectivity index (χ0n) is 11.4. The summed E-state index contributed by atoms with van der Waals surface area (Å²) in [5.74, 6) is 0.650. The van der Waals surface area contributed by atoms with Crippen molar-refractivity contribution in [3.8, 4) is 0 Å². The molecule has 1 aromatic heterocycles. The Morgan fingerprint density at radius 2 is 2.20 bits per heavy atom. The van der Waals surface area contributed by atoms with E-state index >= 15 is 0 Å². The molecule has 0 spiro atoms.